The molecule has 0 saturated heterocycles. The van der Waals surface area contributed by atoms with Gasteiger partial charge in [-0.3, -0.25) is 4.79 Å². The lowest BCUT2D eigenvalue weighted by atomic mass is 9.79. The summed E-state index contributed by atoms with van der Waals surface area (Å²) in [4.78, 5) is 17.8. The number of carbonyl (C=O) groups is 1. The van der Waals surface area contributed by atoms with Gasteiger partial charge in [-0.25, -0.2) is 0 Å². The van der Waals surface area contributed by atoms with Crippen molar-refractivity contribution in [1.82, 2.24) is 0 Å². The number of carbonyl (C=O) groups excluding carboxylic acids is 1. The van der Waals surface area contributed by atoms with E-state index in [1.165, 1.54) is 7.11 Å². The first-order valence-electron chi connectivity index (χ1n) is 8.03. The minimum atomic E-state index is -0.956. The summed E-state index contributed by atoms with van der Waals surface area (Å²) < 4.78 is 4.97. The van der Waals surface area contributed by atoms with Crippen LogP contribution in [0.3, 0.4) is 0 Å². The number of hydrogen-bond acceptors (Lipinski definition) is 5. The number of phenols is 1. The zero-order chi connectivity index (χ0) is 18.3. The van der Waals surface area contributed by atoms with Gasteiger partial charge in [0.2, 0.25) is 0 Å². The molecular formula is C20H23NO4. The summed E-state index contributed by atoms with van der Waals surface area (Å²) in [6, 6.07) is 16.4. The van der Waals surface area contributed by atoms with E-state index < -0.39 is 5.41 Å². The molecule has 132 valence electrons. The standard InChI is InChI=1S/C20H23NO4/c1-15(21-25-14-17-7-5-4-6-8-17)20(2,19(23)24-3)13-16-9-11-18(22)12-10-16/h4-12,22H,13-14H2,1-3H3/b21-15+. The molecule has 0 fully saturated rings. The summed E-state index contributed by atoms with van der Waals surface area (Å²) >= 11 is 0. The lowest BCUT2D eigenvalue weighted by molar-refractivity contribution is -0.147. The third-order valence-electron chi connectivity index (χ3n) is 4.20. The van der Waals surface area contributed by atoms with Crippen molar-refractivity contribution < 1.29 is 19.5 Å². The average molecular weight is 341 g/mol. The molecule has 0 radical (unpaired) electrons. The topological polar surface area (TPSA) is 68.1 Å². The van der Waals surface area contributed by atoms with Crippen molar-refractivity contribution in [1.29, 1.82) is 0 Å². The van der Waals surface area contributed by atoms with E-state index in [1.807, 2.05) is 30.3 Å². The number of methoxy groups -OCH3 is 1. The van der Waals surface area contributed by atoms with Gasteiger partial charge in [0.05, 0.1) is 12.8 Å². The van der Waals surface area contributed by atoms with Gasteiger partial charge in [-0.2, -0.15) is 0 Å². The Hall–Kier alpha value is -2.82. The van der Waals surface area contributed by atoms with Crippen LogP contribution in [0.15, 0.2) is 59.8 Å². The first-order valence-corrected chi connectivity index (χ1v) is 8.03. The first-order chi connectivity index (χ1) is 12.0. The van der Waals surface area contributed by atoms with Crippen LogP contribution in [0.1, 0.15) is 25.0 Å². The van der Waals surface area contributed by atoms with Crippen LogP contribution < -0.4 is 0 Å². The first kappa shape index (κ1) is 18.5. The Morgan fingerprint density at radius 3 is 2.32 bits per heavy atom. The molecule has 0 aromatic heterocycles. The van der Waals surface area contributed by atoms with Crippen molar-refractivity contribution in [2.24, 2.45) is 10.6 Å². The lowest BCUT2D eigenvalue weighted by Crippen LogP contribution is -2.38. The fourth-order valence-corrected chi connectivity index (χ4v) is 2.47. The molecule has 0 aliphatic carbocycles. The average Bonchev–Trinajstić information content (AvgIpc) is 2.63. The van der Waals surface area contributed by atoms with Crippen LogP contribution in [0, 0.1) is 5.41 Å². The Bertz CT molecular complexity index is 725. The summed E-state index contributed by atoms with van der Waals surface area (Å²) in [6.07, 6.45) is 0.393. The van der Waals surface area contributed by atoms with Crippen molar-refractivity contribution >= 4 is 11.7 Å². The minimum absolute atomic E-state index is 0.181. The number of oxime groups is 1. The second-order valence-corrected chi connectivity index (χ2v) is 6.10. The smallest absolute Gasteiger partial charge is 0.317 e. The molecular weight excluding hydrogens is 318 g/mol. The van der Waals surface area contributed by atoms with E-state index in [1.54, 1.807) is 38.1 Å². The maximum Gasteiger partial charge on any atom is 0.317 e. The summed E-state index contributed by atoms with van der Waals surface area (Å²) in [5.74, 6) is -0.203. The van der Waals surface area contributed by atoms with Gasteiger partial charge in [0.25, 0.3) is 0 Å². The van der Waals surface area contributed by atoms with Crippen LogP contribution in [0.4, 0.5) is 0 Å². The molecule has 0 heterocycles. The maximum absolute atomic E-state index is 12.4. The number of esters is 1. The van der Waals surface area contributed by atoms with Gasteiger partial charge in [-0.1, -0.05) is 47.6 Å². The van der Waals surface area contributed by atoms with E-state index in [4.69, 9.17) is 9.57 Å². The van der Waals surface area contributed by atoms with Crippen molar-refractivity contribution in [2.75, 3.05) is 7.11 Å². The third-order valence-corrected chi connectivity index (χ3v) is 4.20. The molecule has 0 amide bonds. The highest BCUT2D eigenvalue weighted by Gasteiger charge is 2.38. The van der Waals surface area contributed by atoms with E-state index in [9.17, 15) is 9.90 Å². The predicted octanol–water partition coefficient (Wildman–Crippen LogP) is 3.71. The Balaban J connectivity index is 2.15. The number of nitrogens with zero attached hydrogens (tertiary/aromatic N) is 1. The maximum atomic E-state index is 12.4. The van der Waals surface area contributed by atoms with Crippen LogP contribution in [0.25, 0.3) is 0 Å². The molecule has 5 heteroatoms. The van der Waals surface area contributed by atoms with E-state index in [-0.39, 0.29) is 11.7 Å². The third kappa shape index (κ3) is 4.83. The zero-order valence-corrected chi connectivity index (χ0v) is 14.7. The lowest BCUT2D eigenvalue weighted by Gasteiger charge is -2.26. The molecule has 5 nitrogen and oxygen atoms in total. The second-order valence-electron chi connectivity index (χ2n) is 6.10. The monoisotopic (exact) mass is 341 g/mol. The normalized spacial score (nSPS) is 13.8. The van der Waals surface area contributed by atoms with Gasteiger partial charge in [-0.15, -0.1) is 0 Å². The van der Waals surface area contributed by atoms with Gasteiger partial charge < -0.3 is 14.7 Å². The largest absolute Gasteiger partial charge is 0.508 e. The van der Waals surface area contributed by atoms with E-state index in [2.05, 4.69) is 5.16 Å². The quantitative estimate of drug-likeness (QED) is 0.474. The molecule has 0 saturated carbocycles. The molecule has 2 aromatic carbocycles. The molecule has 25 heavy (non-hydrogen) atoms. The summed E-state index contributed by atoms with van der Waals surface area (Å²) in [7, 11) is 1.36. The Morgan fingerprint density at radius 2 is 1.72 bits per heavy atom. The highest BCUT2D eigenvalue weighted by Crippen LogP contribution is 2.27. The number of ether oxygens (including phenoxy) is 1. The van der Waals surface area contributed by atoms with Crippen LogP contribution in [-0.2, 0) is 27.4 Å². The zero-order valence-electron chi connectivity index (χ0n) is 14.7. The fraction of sp³-hybridized carbons (Fsp3) is 0.300. The molecule has 0 aliphatic rings. The minimum Gasteiger partial charge on any atom is -0.508 e. The van der Waals surface area contributed by atoms with Crippen molar-refractivity contribution in [3.8, 4) is 5.75 Å². The second kappa shape index (κ2) is 8.33. The van der Waals surface area contributed by atoms with Crippen molar-refractivity contribution in [3.05, 3.63) is 65.7 Å². The molecule has 0 spiro atoms. The van der Waals surface area contributed by atoms with Gasteiger partial charge in [0.15, 0.2) is 0 Å². The van der Waals surface area contributed by atoms with E-state index in [0.29, 0.717) is 18.7 Å². The highest BCUT2D eigenvalue weighted by molar-refractivity contribution is 6.05. The van der Waals surface area contributed by atoms with E-state index >= 15 is 0 Å². The SMILES string of the molecule is COC(=O)C(C)(Cc1ccc(O)cc1)/C(C)=N/OCc1ccccc1. The molecule has 0 bridgehead atoms. The van der Waals surface area contributed by atoms with E-state index in [0.717, 1.165) is 11.1 Å². The number of rotatable bonds is 7. The van der Waals surface area contributed by atoms with Crippen LogP contribution in [0.2, 0.25) is 0 Å². The molecule has 2 rings (SSSR count). The number of hydrogen-bond donors (Lipinski definition) is 1. The molecule has 0 aliphatic heterocycles. The Morgan fingerprint density at radius 1 is 1.08 bits per heavy atom. The van der Waals surface area contributed by atoms with Gasteiger partial charge >= 0.3 is 5.97 Å². The van der Waals surface area contributed by atoms with Crippen molar-refractivity contribution in [3.63, 3.8) is 0 Å². The van der Waals surface area contributed by atoms with Crippen LogP contribution in [0.5, 0.6) is 5.75 Å². The van der Waals surface area contributed by atoms with Gasteiger partial charge in [0, 0.05) is 0 Å². The Kier molecular flexibility index (Phi) is 6.17. The molecule has 1 atom stereocenters. The molecule has 1 unspecified atom stereocenters. The van der Waals surface area contributed by atoms with Crippen LogP contribution >= 0.6 is 0 Å². The number of aromatic hydroxyl groups is 1. The van der Waals surface area contributed by atoms with Gasteiger partial charge in [0.1, 0.15) is 17.8 Å². The molecule has 1 N–H and O–H groups in total. The Labute approximate surface area is 147 Å². The number of phenolic OH excluding ortho intramolecular Hbond substituents is 1. The summed E-state index contributed by atoms with van der Waals surface area (Å²) in [5.41, 5.74) is 1.46. The number of benzene rings is 2. The van der Waals surface area contributed by atoms with Gasteiger partial charge in [-0.05, 0) is 43.5 Å². The predicted molar refractivity (Wildman–Crippen MR) is 96.3 cm³/mol. The highest BCUT2D eigenvalue weighted by atomic mass is 16.6. The van der Waals surface area contributed by atoms with Crippen molar-refractivity contribution in [2.45, 2.75) is 26.9 Å². The summed E-state index contributed by atoms with van der Waals surface area (Å²) in [6.45, 7) is 3.85. The summed E-state index contributed by atoms with van der Waals surface area (Å²) in [5, 5.41) is 13.5. The molecule has 2 aromatic rings. The fourth-order valence-electron chi connectivity index (χ4n) is 2.47. The van der Waals surface area contributed by atoms with Crippen LogP contribution in [-0.4, -0.2) is 23.9 Å².